The van der Waals surface area contributed by atoms with E-state index in [1.807, 2.05) is 12.1 Å². The number of hydrogen-bond acceptors (Lipinski definition) is 3. The largest absolute Gasteiger partial charge is 0.495 e. The second kappa shape index (κ2) is 4.63. The average Bonchev–Trinajstić information content (AvgIpc) is 2.30. The highest BCUT2D eigenvalue weighted by Gasteiger charge is 2.04. The van der Waals surface area contributed by atoms with Crippen molar-refractivity contribution in [2.45, 2.75) is 0 Å². The molecule has 1 aromatic heterocycles. The molecule has 0 aliphatic rings. The smallest absolute Gasteiger partial charge is 0.137 e. The van der Waals surface area contributed by atoms with Crippen molar-refractivity contribution in [3.63, 3.8) is 0 Å². The lowest BCUT2D eigenvalue weighted by Gasteiger charge is -2.05. The van der Waals surface area contributed by atoms with Gasteiger partial charge >= 0.3 is 0 Å². The van der Waals surface area contributed by atoms with Gasteiger partial charge in [-0.05, 0) is 30.3 Å². The summed E-state index contributed by atoms with van der Waals surface area (Å²) in [4.78, 5) is 0. The van der Waals surface area contributed by atoms with Crippen LogP contribution in [0.5, 0.6) is 5.75 Å². The Morgan fingerprint density at radius 3 is 2.69 bits per heavy atom. The van der Waals surface area contributed by atoms with Gasteiger partial charge in [-0.25, -0.2) is 0 Å². The van der Waals surface area contributed by atoms with E-state index in [0.717, 1.165) is 11.3 Å². The van der Waals surface area contributed by atoms with Crippen LogP contribution in [0.2, 0.25) is 5.02 Å². The number of nitrogens with zero attached hydrogens (tertiary/aromatic N) is 1. The van der Waals surface area contributed by atoms with Crippen molar-refractivity contribution in [2.24, 2.45) is 0 Å². The molecule has 2 rings (SSSR count). The predicted octanol–water partition coefficient (Wildman–Crippen LogP) is 3.47. The number of aromatic nitrogens is 2. The van der Waals surface area contributed by atoms with E-state index in [4.69, 9.17) is 28.6 Å². The summed E-state index contributed by atoms with van der Waals surface area (Å²) in [5, 5.41) is 7.41. The monoisotopic (exact) mass is 252 g/mol. The first-order chi connectivity index (χ1) is 7.70. The van der Waals surface area contributed by atoms with Crippen LogP contribution in [0.1, 0.15) is 0 Å². The zero-order chi connectivity index (χ0) is 11.5. The summed E-state index contributed by atoms with van der Waals surface area (Å²) in [6.07, 6.45) is 0. The summed E-state index contributed by atoms with van der Waals surface area (Å²) in [7, 11) is 1.58. The zero-order valence-electron chi connectivity index (χ0n) is 8.53. The van der Waals surface area contributed by atoms with Crippen LogP contribution in [0.15, 0.2) is 30.3 Å². The molecule has 0 fully saturated rings. The number of ether oxygens (including phenoxy) is 1. The number of benzene rings is 1. The van der Waals surface area contributed by atoms with Gasteiger partial charge in [-0.1, -0.05) is 23.8 Å². The first-order valence-electron chi connectivity index (χ1n) is 4.60. The van der Waals surface area contributed by atoms with Crippen molar-refractivity contribution in [2.75, 3.05) is 7.11 Å². The number of methoxy groups -OCH3 is 1. The third kappa shape index (κ3) is 2.23. The van der Waals surface area contributed by atoms with Crippen LogP contribution < -0.4 is 4.74 Å². The summed E-state index contributed by atoms with van der Waals surface area (Å²) in [5.74, 6) is 0.647. The van der Waals surface area contributed by atoms with Crippen molar-refractivity contribution in [1.29, 1.82) is 0 Å². The van der Waals surface area contributed by atoms with E-state index >= 15 is 0 Å². The van der Waals surface area contributed by atoms with E-state index in [9.17, 15) is 0 Å². The van der Waals surface area contributed by atoms with Crippen LogP contribution in [0.4, 0.5) is 0 Å². The fourth-order valence-electron chi connectivity index (χ4n) is 1.33. The van der Waals surface area contributed by atoms with Crippen molar-refractivity contribution >= 4 is 23.8 Å². The summed E-state index contributed by atoms with van der Waals surface area (Å²) in [6.45, 7) is 0. The molecular weight excluding hydrogens is 244 g/mol. The molecule has 0 atom stereocenters. The normalized spacial score (nSPS) is 10.1. The fourth-order valence-corrected chi connectivity index (χ4v) is 1.70. The van der Waals surface area contributed by atoms with Crippen LogP contribution >= 0.6 is 23.8 Å². The Morgan fingerprint density at radius 1 is 1.31 bits per heavy atom. The third-order valence-corrected chi connectivity index (χ3v) is 2.65. The lowest BCUT2D eigenvalue weighted by Crippen LogP contribution is -1.89. The van der Waals surface area contributed by atoms with Crippen LogP contribution in [-0.2, 0) is 0 Å². The first kappa shape index (κ1) is 11.1. The molecule has 1 aromatic carbocycles. The molecule has 0 saturated heterocycles. The minimum absolute atomic E-state index is 0.559. The Hall–Kier alpha value is -1.39. The minimum atomic E-state index is 0.559. The van der Waals surface area contributed by atoms with Gasteiger partial charge in [0.05, 0.1) is 17.8 Å². The molecule has 0 aliphatic heterocycles. The van der Waals surface area contributed by atoms with Gasteiger partial charge in [0.2, 0.25) is 0 Å². The molecule has 0 radical (unpaired) electrons. The molecule has 1 N–H and O–H groups in total. The number of H-pyrrole nitrogens is 1. The Kier molecular flexibility index (Phi) is 3.22. The summed E-state index contributed by atoms with van der Waals surface area (Å²) in [6, 6.07) is 9.14. The molecular formula is C11H9ClN2OS. The predicted molar refractivity (Wildman–Crippen MR) is 66.4 cm³/mol. The first-order valence-corrected chi connectivity index (χ1v) is 5.39. The molecule has 82 valence electrons. The Labute approximate surface area is 103 Å². The standard InChI is InChI=1S/C11H9ClN2OS/c1-15-10-4-2-7(6-8(10)12)9-3-5-11(16)14-13-9/h2-6H,1H3,(H,14,16). The number of aromatic amines is 1. The number of halogens is 1. The van der Waals surface area contributed by atoms with Gasteiger partial charge in [-0.3, -0.25) is 5.10 Å². The van der Waals surface area contributed by atoms with E-state index in [1.165, 1.54) is 0 Å². The maximum Gasteiger partial charge on any atom is 0.137 e. The minimum Gasteiger partial charge on any atom is -0.495 e. The van der Waals surface area contributed by atoms with E-state index in [2.05, 4.69) is 10.2 Å². The maximum atomic E-state index is 6.03. The van der Waals surface area contributed by atoms with Crippen molar-refractivity contribution in [3.8, 4) is 17.0 Å². The topological polar surface area (TPSA) is 37.9 Å². The van der Waals surface area contributed by atoms with E-state index in [1.54, 1.807) is 25.3 Å². The van der Waals surface area contributed by atoms with Gasteiger partial charge in [-0.15, -0.1) is 0 Å². The van der Waals surface area contributed by atoms with Crippen molar-refractivity contribution in [1.82, 2.24) is 10.2 Å². The number of rotatable bonds is 2. The number of nitrogens with one attached hydrogen (secondary N) is 1. The average molecular weight is 253 g/mol. The lowest BCUT2D eigenvalue weighted by molar-refractivity contribution is 0.415. The SMILES string of the molecule is COc1ccc(-c2ccc(=S)[nH]n2)cc1Cl. The van der Waals surface area contributed by atoms with Gasteiger partial charge in [0, 0.05) is 5.56 Å². The Balaban J connectivity index is 2.45. The van der Waals surface area contributed by atoms with Crippen LogP contribution in [0.3, 0.4) is 0 Å². The van der Waals surface area contributed by atoms with Gasteiger partial charge in [0.25, 0.3) is 0 Å². The summed E-state index contributed by atoms with van der Waals surface area (Å²) < 4.78 is 5.68. The van der Waals surface area contributed by atoms with Gasteiger partial charge in [0.1, 0.15) is 10.4 Å². The molecule has 0 aliphatic carbocycles. The van der Waals surface area contributed by atoms with E-state index in [-0.39, 0.29) is 0 Å². The molecule has 0 spiro atoms. The maximum absolute atomic E-state index is 6.03. The molecule has 2 aromatic rings. The lowest BCUT2D eigenvalue weighted by atomic mass is 10.1. The highest BCUT2D eigenvalue weighted by Crippen LogP contribution is 2.28. The highest BCUT2D eigenvalue weighted by atomic mass is 35.5. The van der Waals surface area contributed by atoms with Crippen LogP contribution in [0, 0.1) is 4.64 Å². The molecule has 0 bridgehead atoms. The third-order valence-electron chi connectivity index (χ3n) is 2.13. The van der Waals surface area contributed by atoms with Crippen LogP contribution in [-0.4, -0.2) is 17.3 Å². The Morgan fingerprint density at radius 2 is 2.12 bits per heavy atom. The van der Waals surface area contributed by atoms with E-state index in [0.29, 0.717) is 15.4 Å². The quantitative estimate of drug-likeness (QED) is 0.832. The second-order valence-electron chi connectivity index (χ2n) is 3.16. The molecule has 3 nitrogen and oxygen atoms in total. The summed E-state index contributed by atoms with van der Waals surface area (Å²) >= 11 is 10.9. The summed E-state index contributed by atoms with van der Waals surface area (Å²) in [5.41, 5.74) is 1.70. The number of hydrogen-bond donors (Lipinski definition) is 1. The fraction of sp³-hybridized carbons (Fsp3) is 0.0909. The van der Waals surface area contributed by atoms with Gasteiger partial charge in [-0.2, -0.15) is 5.10 Å². The van der Waals surface area contributed by atoms with Gasteiger partial charge < -0.3 is 4.74 Å². The van der Waals surface area contributed by atoms with E-state index < -0.39 is 0 Å². The van der Waals surface area contributed by atoms with Crippen molar-refractivity contribution < 1.29 is 4.74 Å². The van der Waals surface area contributed by atoms with Crippen LogP contribution in [0.25, 0.3) is 11.3 Å². The molecule has 16 heavy (non-hydrogen) atoms. The molecule has 0 amide bonds. The van der Waals surface area contributed by atoms with Gasteiger partial charge in [0.15, 0.2) is 0 Å². The molecule has 1 heterocycles. The zero-order valence-corrected chi connectivity index (χ0v) is 10.1. The Bertz CT molecular complexity index is 548. The van der Waals surface area contributed by atoms with Crippen molar-refractivity contribution in [3.05, 3.63) is 40.0 Å². The molecule has 0 unspecified atom stereocenters. The second-order valence-corrected chi connectivity index (χ2v) is 4.00. The molecule has 5 heteroatoms. The molecule has 0 saturated carbocycles. The highest BCUT2D eigenvalue weighted by molar-refractivity contribution is 7.71.